The molecule has 0 aliphatic heterocycles. The van der Waals surface area contributed by atoms with E-state index in [0.717, 1.165) is 28.3 Å². The molecule has 10 aromatic carbocycles. The minimum atomic E-state index is -0.110. The Hall–Kier alpha value is -7.94. The first-order valence-corrected chi connectivity index (χ1v) is 21.9. The fraction of sp³-hybridized carbons (Fsp3) is 0.0492. The monoisotopic (exact) mass is 804 g/mol. The summed E-state index contributed by atoms with van der Waals surface area (Å²) in [5, 5.41) is 5.01. The van der Waals surface area contributed by atoms with Crippen LogP contribution in [0.15, 0.2) is 231 Å². The summed E-state index contributed by atoms with van der Waals surface area (Å²) >= 11 is 0. The van der Waals surface area contributed by atoms with Gasteiger partial charge < -0.3 is 9.47 Å². The predicted octanol–water partition coefficient (Wildman–Crippen LogP) is 16.7. The number of anilines is 3. The van der Waals surface area contributed by atoms with Crippen LogP contribution in [0.25, 0.3) is 82.8 Å². The maximum atomic E-state index is 2.46. The van der Waals surface area contributed by atoms with Crippen molar-refractivity contribution in [2.45, 2.75) is 19.3 Å². The molecule has 0 amide bonds. The lowest BCUT2D eigenvalue weighted by atomic mass is 9.82. The van der Waals surface area contributed by atoms with Crippen LogP contribution in [0.2, 0.25) is 0 Å². The Bertz CT molecular complexity index is 3520. The van der Waals surface area contributed by atoms with Crippen LogP contribution in [-0.4, -0.2) is 4.57 Å². The molecule has 0 radical (unpaired) electrons. The van der Waals surface area contributed by atoms with E-state index in [1.165, 1.54) is 82.6 Å². The molecule has 2 nitrogen and oxygen atoms in total. The first-order valence-electron chi connectivity index (χ1n) is 21.9. The third-order valence-corrected chi connectivity index (χ3v) is 13.4. The fourth-order valence-corrected chi connectivity index (χ4v) is 10.3. The average molecular weight is 805 g/mol. The number of aromatic nitrogens is 1. The van der Waals surface area contributed by atoms with Gasteiger partial charge in [-0.3, -0.25) is 0 Å². The van der Waals surface area contributed by atoms with Gasteiger partial charge in [0.15, 0.2) is 0 Å². The molecule has 0 N–H and O–H groups in total. The summed E-state index contributed by atoms with van der Waals surface area (Å²) < 4.78 is 2.46. The van der Waals surface area contributed by atoms with Crippen LogP contribution >= 0.6 is 0 Å². The number of hydrogen-bond donors (Lipinski definition) is 0. The second-order valence-corrected chi connectivity index (χ2v) is 17.3. The van der Waals surface area contributed by atoms with Crippen molar-refractivity contribution in [1.82, 2.24) is 4.57 Å². The van der Waals surface area contributed by atoms with E-state index in [4.69, 9.17) is 0 Å². The van der Waals surface area contributed by atoms with Crippen LogP contribution < -0.4 is 4.90 Å². The molecule has 11 aromatic rings. The molecule has 1 heterocycles. The van der Waals surface area contributed by atoms with Crippen molar-refractivity contribution in [3.63, 3.8) is 0 Å². The van der Waals surface area contributed by atoms with Gasteiger partial charge in [-0.1, -0.05) is 184 Å². The molecule has 298 valence electrons. The Labute approximate surface area is 368 Å². The van der Waals surface area contributed by atoms with Crippen LogP contribution in [0, 0.1) is 0 Å². The Morgan fingerprint density at radius 3 is 1.73 bits per heavy atom. The standard InChI is InChI=1S/C61H44N2/c1-61(2)55-23-11-8-20-52(55)53-38-37-49(40-56(53)61)62(47-33-29-43(30-34-47)41-15-4-3-5-16-41)48-35-31-44(32-36-48)50-19-9-12-24-57(50)63-58-25-13-10-21-54(58)60-51(22-14-26-59(60)63)46-28-27-42-17-6-7-18-45(42)39-46/h3-40H,1-2H3. The molecule has 2 heteroatoms. The van der Waals surface area contributed by atoms with E-state index >= 15 is 0 Å². The molecule has 0 unspecified atom stereocenters. The number of benzene rings is 10. The van der Waals surface area contributed by atoms with Gasteiger partial charge in [0, 0.05) is 38.8 Å². The average Bonchev–Trinajstić information content (AvgIpc) is 3.80. The van der Waals surface area contributed by atoms with Crippen molar-refractivity contribution < 1.29 is 0 Å². The predicted molar refractivity (Wildman–Crippen MR) is 267 cm³/mol. The van der Waals surface area contributed by atoms with E-state index in [2.05, 4.69) is 254 Å². The second-order valence-electron chi connectivity index (χ2n) is 17.3. The van der Waals surface area contributed by atoms with E-state index < -0.39 is 0 Å². The molecule has 0 bridgehead atoms. The summed E-state index contributed by atoms with van der Waals surface area (Å²) in [7, 11) is 0. The van der Waals surface area contributed by atoms with Crippen molar-refractivity contribution in [3.05, 3.63) is 242 Å². The van der Waals surface area contributed by atoms with E-state index in [1.807, 2.05) is 0 Å². The number of fused-ring (bicyclic) bond motifs is 7. The van der Waals surface area contributed by atoms with Crippen LogP contribution in [-0.2, 0) is 5.41 Å². The van der Waals surface area contributed by atoms with E-state index in [-0.39, 0.29) is 5.41 Å². The van der Waals surface area contributed by atoms with Crippen molar-refractivity contribution in [1.29, 1.82) is 0 Å². The topological polar surface area (TPSA) is 8.17 Å². The smallest absolute Gasteiger partial charge is 0.0547 e. The van der Waals surface area contributed by atoms with E-state index in [0.29, 0.717) is 0 Å². The molecular weight excluding hydrogens is 761 g/mol. The van der Waals surface area contributed by atoms with Crippen molar-refractivity contribution in [2.75, 3.05) is 4.90 Å². The minimum Gasteiger partial charge on any atom is -0.310 e. The molecule has 1 aliphatic rings. The lowest BCUT2D eigenvalue weighted by Crippen LogP contribution is -2.16. The molecule has 0 saturated heterocycles. The summed E-state index contributed by atoms with van der Waals surface area (Å²) in [5.74, 6) is 0. The number of hydrogen-bond acceptors (Lipinski definition) is 1. The Morgan fingerprint density at radius 2 is 0.921 bits per heavy atom. The number of nitrogens with zero attached hydrogens (tertiary/aromatic N) is 2. The quantitative estimate of drug-likeness (QED) is 0.156. The van der Waals surface area contributed by atoms with Gasteiger partial charge in [-0.15, -0.1) is 0 Å². The van der Waals surface area contributed by atoms with Crippen molar-refractivity contribution in [2.24, 2.45) is 0 Å². The van der Waals surface area contributed by atoms with Gasteiger partial charge in [-0.05, 0) is 122 Å². The van der Waals surface area contributed by atoms with Gasteiger partial charge in [0.25, 0.3) is 0 Å². The molecule has 0 spiro atoms. The van der Waals surface area contributed by atoms with Gasteiger partial charge in [0.2, 0.25) is 0 Å². The van der Waals surface area contributed by atoms with Crippen molar-refractivity contribution in [3.8, 4) is 50.2 Å². The zero-order valence-corrected chi connectivity index (χ0v) is 35.3. The third kappa shape index (κ3) is 6.02. The minimum absolute atomic E-state index is 0.110. The molecule has 0 saturated carbocycles. The lowest BCUT2D eigenvalue weighted by molar-refractivity contribution is 0.660. The maximum Gasteiger partial charge on any atom is 0.0547 e. The maximum absolute atomic E-state index is 2.46. The summed E-state index contributed by atoms with van der Waals surface area (Å²) in [6, 6.07) is 84.6. The highest BCUT2D eigenvalue weighted by molar-refractivity contribution is 6.16. The first-order chi connectivity index (χ1) is 31.0. The van der Waals surface area contributed by atoms with E-state index in [1.54, 1.807) is 0 Å². The molecule has 63 heavy (non-hydrogen) atoms. The number of rotatable bonds is 7. The zero-order valence-electron chi connectivity index (χ0n) is 35.3. The highest BCUT2D eigenvalue weighted by Crippen LogP contribution is 2.51. The Morgan fingerprint density at radius 1 is 0.349 bits per heavy atom. The molecule has 0 fully saturated rings. The Balaban J connectivity index is 0.978. The highest BCUT2D eigenvalue weighted by atomic mass is 15.1. The molecule has 0 atom stereocenters. The third-order valence-electron chi connectivity index (χ3n) is 13.4. The normalized spacial score (nSPS) is 12.7. The lowest BCUT2D eigenvalue weighted by Gasteiger charge is -2.28. The largest absolute Gasteiger partial charge is 0.310 e. The molecule has 1 aromatic heterocycles. The van der Waals surface area contributed by atoms with Crippen LogP contribution in [0.3, 0.4) is 0 Å². The van der Waals surface area contributed by atoms with E-state index in [9.17, 15) is 0 Å². The van der Waals surface area contributed by atoms with Crippen LogP contribution in [0.5, 0.6) is 0 Å². The van der Waals surface area contributed by atoms with Gasteiger partial charge in [-0.25, -0.2) is 0 Å². The number of para-hydroxylation sites is 2. The summed E-state index contributed by atoms with van der Waals surface area (Å²) in [6.45, 7) is 4.71. The molecule has 12 rings (SSSR count). The fourth-order valence-electron chi connectivity index (χ4n) is 10.3. The van der Waals surface area contributed by atoms with Gasteiger partial charge in [-0.2, -0.15) is 0 Å². The summed E-state index contributed by atoms with van der Waals surface area (Å²) in [6.07, 6.45) is 0. The second kappa shape index (κ2) is 14.6. The van der Waals surface area contributed by atoms with Crippen LogP contribution in [0.4, 0.5) is 17.1 Å². The van der Waals surface area contributed by atoms with Gasteiger partial charge in [0.05, 0.1) is 16.7 Å². The van der Waals surface area contributed by atoms with Gasteiger partial charge in [0.1, 0.15) is 0 Å². The summed E-state index contributed by atoms with van der Waals surface area (Å²) in [5.41, 5.74) is 19.4. The first kappa shape index (κ1) is 36.9. The summed E-state index contributed by atoms with van der Waals surface area (Å²) in [4.78, 5) is 2.41. The molecule has 1 aliphatic carbocycles. The van der Waals surface area contributed by atoms with Gasteiger partial charge >= 0.3 is 0 Å². The zero-order chi connectivity index (χ0) is 42.1. The van der Waals surface area contributed by atoms with Crippen LogP contribution in [0.1, 0.15) is 25.0 Å². The van der Waals surface area contributed by atoms with Crippen molar-refractivity contribution >= 4 is 49.6 Å². The SMILES string of the molecule is CC1(C)c2ccccc2-c2ccc(N(c3ccc(-c4ccccc4)cc3)c3ccc(-c4ccccc4-n4c5ccccc5c5c(-c6ccc7ccccc7c6)cccc54)cc3)cc21. The molecular formula is C61H44N2. The highest BCUT2D eigenvalue weighted by Gasteiger charge is 2.35. The Kier molecular flexibility index (Phi) is 8.55.